The van der Waals surface area contributed by atoms with Gasteiger partial charge < -0.3 is 16.0 Å². The van der Waals surface area contributed by atoms with E-state index in [0.29, 0.717) is 16.1 Å². The van der Waals surface area contributed by atoms with Crippen molar-refractivity contribution in [2.24, 2.45) is 4.99 Å². The molecule has 1 aromatic carbocycles. The number of aromatic amines is 1. The van der Waals surface area contributed by atoms with Gasteiger partial charge in [-0.05, 0) is 37.3 Å². The molecule has 29 heavy (non-hydrogen) atoms. The Labute approximate surface area is 173 Å². The molecule has 1 unspecified atom stereocenters. The molecule has 0 saturated carbocycles. The highest BCUT2D eigenvalue weighted by molar-refractivity contribution is 8.13. The first kappa shape index (κ1) is 21.1. The summed E-state index contributed by atoms with van der Waals surface area (Å²) in [5, 5.41) is 16.1. The molecular formula is C17H16ClF3N6OS. The molecule has 3 rings (SSSR count). The van der Waals surface area contributed by atoms with Crippen molar-refractivity contribution in [2.45, 2.75) is 30.6 Å². The van der Waals surface area contributed by atoms with Crippen LogP contribution >= 0.6 is 23.4 Å². The third-order valence-corrected chi connectivity index (χ3v) is 4.63. The van der Waals surface area contributed by atoms with Crippen LogP contribution in [0.5, 0.6) is 0 Å². The highest BCUT2D eigenvalue weighted by Crippen LogP contribution is 2.25. The van der Waals surface area contributed by atoms with Gasteiger partial charge in [-0.3, -0.25) is 9.89 Å². The average Bonchev–Trinajstić information content (AvgIpc) is 2.99. The van der Waals surface area contributed by atoms with Gasteiger partial charge in [-0.25, -0.2) is 4.99 Å². The topological polar surface area (TPSA) is 94.2 Å². The van der Waals surface area contributed by atoms with E-state index in [1.807, 2.05) is 13.0 Å². The maximum Gasteiger partial charge on any atom is 0.397 e. The Kier molecular flexibility index (Phi) is 6.38. The molecule has 1 aromatic heterocycles. The highest BCUT2D eigenvalue weighted by atomic mass is 35.5. The van der Waals surface area contributed by atoms with E-state index >= 15 is 0 Å². The molecular weight excluding hydrogens is 429 g/mol. The number of rotatable bonds is 5. The number of hydrogen-bond acceptors (Lipinski definition) is 6. The SMILES string of the molecule is Cc1cc(NC2C=C(Cl)NC(Sc3ccc(NC(=O)CC(F)(F)F)cc3)=N2)n[nH]1. The van der Waals surface area contributed by atoms with Gasteiger partial charge in [0.1, 0.15) is 23.6 Å². The quantitative estimate of drug-likeness (QED) is 0.519. The zero-order valence-corrected chi connectivity index (χ0v) is 16.5. The molecule has 0 fully saturated rings. The van der Waals surface area contributed by atoms with E-state index in [0.717, 1.165) is 10.6 Å². The van der Waals surface area contributed by atoms with E-state index in [1.165, 1.54) is 23.9 Å². The number of nitrogens with one attached hydrogen (secondary N) is 4. The molecule has 4 N–H and O–H groups in total. The number of nitrogens with zero attached hydrogens (tertiary/aromatic N) is 2. The number of aliphatic imine (C=N–C) groups is 1. The molecule has 2 aromatic rings. The predicted octanol–water partition coefficient (Wildman–Crippen LogP) is 4.18. The van der Waals surface area contributed by atoms with Gasteiger partial charge in [-0.1, -0.05) is 23.4 Å². The van der Waals surface area contributed by atoms with Gasteiger partial charge in [-0.2, -0.15) is 18.3 Å². The van der Waals surface area contributed by atoms with Crippen molar-refractivity contribution in [2.75, 3.05) is 10.6 Å². The number of hydrogen-bond donors (Lipinski definition) is 4. The summed E-state index contributed by atoms with van der Waals surface area (Å²) in [7, 11) is 0. The van der Waals surface area contributed by atoms with Crippen molar-refractivity contribution in [1.82, 2.24) is 15.5 Å². The minimum absolute atomic E-state index is 0.272. The lowest BCUT2D eigenvalue weighted by molar-refractivity contribution is -0.150. The molecule has 0 aliphatic carbocycles. The van der Waals surface area contributed by atoms with Crippen LogP contribution < -0.4 is 16.0 Å². The second-order valence-corrected chi connectivity index (χ2v) is 7.54. The van der Waals surface area contributed by atoms with E-state index in [2.05, 4.69) is 31.1 Å². The summed E-state index contributed by atoms with van der Waals surface area (Å²) in [5.41, 5.74) is 1.17. The smallest absolute Gasteiger partial charge is 0.344 e. The Balaban J connectivity index is 1.60. The Morgan fingerprint density at radius 1 is 1.31 bits per heavy atom. The maximum atomic E-state index is 12.2. The van der Waals surface area contributed by atoms with Gasteiger partial charge in [0.05, 0.1) is 0 Å². The molecule has 154 valence electrons. The molecule has 2 heterocycles. The summed E-state index contributed by atoms with van der Waals surface area (Å²) in [6, 6.07) is 8.17. The Bertz CT molecular complexity index is 941. The molecule has 0 bridgehead atoms. The monoisotopic (exact) mass is 444 g/mol. The third-order valence-electron chi connectivity index (χ3n) is 3.50. The molecule has 12 heteroatoms. The van der Waals surface area contributed by atoms with Crippen molar-refractivity contribution < 1.29 is 18.0 Å². The summed E-state index contributed by atoms with van der Waals surface area (Å²) >= 11 is 7.41. The largest absolute Gasteiger partial charge is 0.397 e. The normalized spacial score (nSPS) is 16.5. The van der Waals surface area contributed by atoms with Crippen molar-refractivity contribution in [3.05, 3.63) is 47.3 Å². The van der Waals surface area contributed by atoms with E-state index in [4.69, 9.17) is 11.6 Å². The van der Waals surface area contributed by atoms with Gasteiger partial charge in [0.2, 0.25) is 5.91 Å². The van der Waals surface area contributed by atoms with Crippen LogP contribution in [0.2, 0.25) is 0 Å². The van der Waals surface area contributed by atoms with Crippen molar-refractivity contribution in [3.63, 3.8) is 0 Å². The van der Waals surface area contributed by atoms with Gasteiger partial charge >= 0.3 is 6.18 Å². The number of alkyl halides is 3. The van der Waals surface area contributed by atoms with Crippen LogP contribution in [0.4, 0.5) is 24.7 Å². The van der Waals surface area contributed by atoms with Crippen LogP contribution in [0, 0.1) is 6.92 Å². The number of halogens is 4. The maximum absolute atomic E-state index is 12.2. The summed E-state index contributed by atoms with van der Waals surface area (Å²) in [6.07, 6.45) is -4.81. The Morgan fingerprint density at radius 2 is 2.03 bits per heavy atom. The average molecular weight is 445 g/mol. The standard InChI is InChI=1S/C17H16ClF3N6OS/c1-9-6-14(27-26-9)24-13-7-12(18)23-16(25-13)29-11-4-2-10(3-5-11)22-15(28)8-17(19,20)21/h2-7,13H,8H2,1H3,(H,22,28)(H,23,25)(H2,24,26,27). The summed E-state index contributed by atoms with van der Waals surface area (Å²) in [5.74, 6) is -0.488. The molecule has 0 radical (unpaired) electrons. The van der Waals surface area contributed by atoms with E-state index in [1.54, 1.807) is 18.2 Å². The second-order valence-electron chi connectivity index (χ2n) is 6.07. The molecule has 1 atom stereocenters. The number of H-pyrrole nitrogens is 1. The summed E-state index contributed by atoms with van der Waals surface area (Å²) < 4.78 is 36.7. The lowest BCUT2D eigenvalue weighted by atomic mass is 10.3. The fraction of sp³-hybridized carbons (Fsp3) is 0.235. The summed E-state index contributed by atoms with van der Waals surface area (Å²) in [4.78, 5) is 16.6. The van der Waals surface area contributed by atoms with Crippen LogP contribution in [0.1, 0.15) is 12.1 Å². The molecule has 7 nitrogen and oxygen atoms in total. The van der Waals surface area contributed by atoms with Crippen LogP contribution in [0.3, 0.4) is 0 Å². The first-order chi connectivity index (χ1) is 13.7. The molecule has 1 amide bonds. The van der Waals surface area contributed by atoms with Crippen molar-refractivity contribution >= 4 is 45.9 Å². The summed E-state index contributed by atoms with van der Waals surface area (Å²) in [6.45, 7) is 1.88. The number of aromatic nitrogens is 2. The number of aryl methyl sites for hydroxylation is 1. The van der Waals surface area contributed by atoms with Gasteiger partial charge in [0.25, 0.3) is 0 Å². The molecule has 0 spiro atoms. The van der Waals surface area contributed by atoms with Crippen LogP contribution in [0.15, 0.2) is 51.5 Å². The molecule has 0 saturated heterocycles. The van der Waals surface area contributed by atoms with Crippen molar-refractivity contribution in [3.8, 4) is 0 Å². The number of amidine groups is 1. The Morgan fingerprint density at radius 3 is 2.66 bits per heavy atom. The van der Waals surface area contributed by atoms with Crippen LogP contribution in [-0.4, -0.2) is 33.6 Å². The van der Waals surface area contributed by atoms with Gasteiger partial charge in [0.15, 0.2) is 5.17 Å². The predicted molar refractivity (Wildman–Crippen MR) is 107 cm³/mol. The highest BCUT2D eigenvalue weighted by Gasteiger charge is 2.31. The number of amides is 1. The number of carbonyl (C=O) groups is 1. The van der Waals surface area contributed by atoms with Crippen LogP contribution in [-0.2, 0) is 4.79 Å². The van der Waals surface area contributed by atoms with E-state index < -0.39 is 24.7 Å². The second kappa shape index (κ2) is 8.78. The zero-order valence-electron chi connectivity index (χ0n) is 15.0. The fourth-order valence-corrected chi connectivity index (χ4v) is 3.44. The number of carbonyl (C=O) groups excluding carboxylic acids is 1. The number of benzene rings is 1. The van der Waals surface area contributed by atoms with E-state index in [-0.39, 0.29) is 5.69 Å². The minimum atomic E-state index is -4.54. The molecule has 1 aliphatic heterocycles. The number of anilines is 2. The molecule has 1 aliphatic rings. The first-order valence-corrected chi connectivity index (χ1v) is 9.51. The van der Waals surface area contributed by atoms with E-state index in [9.17, 15) is 18.0 Å². The van der Waals surface area contributed by atoms with Crippen molar-refractivity contribution in [1.29, 1.82) is 0 Å². The first-order valence-electron chi connectivity index (χ1n) is 8.31. The third kappa shape index (κ3) is 6.71. The Hall–Kier alpha value is -2.66. The van der Waals surface area contributed by atoms with Gasteiger partial charge in [0, 0.05) is 22.3 Å². The zero-order chi connectivity index (χ0) is 21.0. The number of thioether (sulfide) groups is 1. The fourth-order valence-electron chi connectivity index (χ4n) is 2.35. The van der Waals surface area contributed by atoms with Crippen LogP contribution in [0.25, 0.3) is 0 Å². The van der Waals surface area contributed by atoms with Gasteiger partial charge in [-0.15, -0.1) is 0 Å². The minimum Gasteiger partial charge on any atom is -0.344 e. The lowest BCUT2D eigenvalue weighted by Gasteiger charge is -2.19. The lowest BCUT2D eigenvalue weighted by Crippen LogP contribution is -2.29.